The standard InChI is InChI=1S/C16H21FN4O2/c1-12(13-4-5-15(23-2)14(17)10-13)20-16(22)19-6-3-8-21-9-7-18-11-21/h4-5,7,9-12H,3,6,8H2,1-2H3,(H2,19,20,22). The van der Waals surface area contributed by atoms with E-state index >= 15 is 0 Å². The molecule has 124 valence electrons. The first-order valence-electron chi connectivity index (χ1n) is 7.43. The molecule has 0 aliphatic heterocycles. The quantitative estimate of drug-likeness (QED) is 0.770. The van der Waals surface area contributed by atoms with Gasteiger partial charge < -0.3 is 19.9 Å². The Labute approximate surface area is 134 Å². The smallest absolute Gasteiger partial charge is 0.315 e. The summed E-state index contributed by atoms with van der Waals surface area (Å²) in [6, 6.07) is 4.06. The highest BCUT2D eigenvalue weighted by atomic mass is 19.1. The highest BCUT2D eigenvalue weighted by Crippen LogP contribution is 2.21. The second-order valence-electron chi connectivity index (χ2n) is 5.17. The number of nitrogens with zero attached hydrogens (tertiary/aromatic N) is 2. The predicted molar refractivity (Wildman–Crippen MR) is 84.7 cm³/mol. The van der Waals surface area contributed by atoms with Crippen molar-refractivity contribution in [2.24, 2.45) is 0 Å². The van der Waals surface area contributed by atoms with Gasteiger partial charge in [-0.15, -0.1) is 0 Å². The maximum absolute atomic E-state index is 13.7. The second-order valence-corrected chi connectivity index (χ2v) is 5.17. The molecule has 2 N–H and O–H groups in total. The first kappa shape index (κ1) is 16.8. The van der Waals surface area contributed by atoms with E-state index in [0.717, 1.165) is 13.0 Å². The van der Waals surface area contributed by atoms with Crippen molar-refractivity contribution >= 4 is 6.03 Å². The van der Waals surface area contributed by atoms with Crippen LogP contribution in [0, 0.1) is 5.82 Å². The van der Waals surface area contributed by atoms with E-state index in [0.29, 0.717) is 12.1 Å². The van der Waals surface area contributed by atoms with Gasteiger partial charge in [0.15, 0.2) is 11.6 Å². The van der Waals surface area contributed by atoms with Gasteiger partial charge in [0, 0.05) is 25.5 Å². The number of aryl methyl sites for hydroxylation is 1. The van der Waals surface area contributed by atoms with Crippen LogP contribution in [0.25, 0.3) is 0 Å². The van der Waals surface area contributed by atoms with Crippen LogP contribution in [0.1, 0.15) is 24.9 Å². The predicted octanol–water partition coefficient (Wildman–Crippen LogP) is 2.48. The zero-order chi connectivity index (χ0) is 16.7. The monoisotopic (exact) mass is 320 g/mol. The van der Waals surface area contributed by atoms with Gasteiger partial charge in [0.2, 0.25) is 0 Å². The fraction of sp³-hybridized carbons (Fsp3) is 0.375. The minimum atomic E-state index is -0.445. The Morgan fingerprint density at radius 2 is 2.30 bits per heavy atom. The zero-order valence-electron chi connectivity index (χ0n) is 13.3. The molecule has 0 radical (unpaired) electrons. The number of carbonyl (C=O) groups excluding carboxylic acids is 1. The van der Waals surface area contributed by atoms with Crippen molar-refractivity contribution in [1.29, 1.82) is 0 Å². The first-order valence-corrected chi connectivity index (χ1v) is 7.43. The molecule has 1 unspecified atom stereocenters. The van der Waals surface area contributed by atoms with Gasteiger partial charge in [0.05, 0.1) is 19.5 Å². The lowest BCUT2D eigenvalue weighted by Gasteiger charge is -2.16. The van der Waals surface area contributed by atoms with Gasteiger partial charge in [-0.2, -0.15) is 0 Å². The average Bonchev–Trinajstić information content (AvgIpc) is 3.04. The molecule has 0 bridgehead atoms. The third kappa shape index (κ3) is 4.98. The minimum Gasteiger partial charge on any atom is -0.494 e. The Morgan fingerprint density at radius 1 is 1.48 bits per heavy atom. The van der Waals surface area contributed by atoms with Crippen LogP contribution in [0.15, 0.2) is 36.9 Å². The Morgan fingerprint density at radius 3 is 2.96 bits per heavy atom. The number of halogens is 1. The Hall–Kier alpha value is -2.57. The number of hydrogen-bond acceptors (Lipinski definition) is 3. The SMILES string of the molecule is COc1ccc(C(C)NC(=O)NCCCn2ccnc2)cc1F. The highest BCUT2D eigenvalue weighted by molar-refractivity contribution is 5.74. The fourth-order valence-corrected chi connectivity index (χ4v) is 2.17. The van der Waals surface area contributed by atoms with Crippen molar-refractivity contribution in [2.45, 2.75) is 25.9 Å². The summed E-state index contributed by atoms with van der Waals surface area (Å²) in [7, 11) is 1.41. The third-order valence-electron chi connectivity index (χ3n) is 3.46. The van der Waals surface area contributed by atoms with Crippen LogP contribution in [0.4, 0.5) is 9.18 Å². The summed E-state index contributed by atoms with van der Waals surface area (Å²) in [4.78, 5) is 15.8. The largest absolute Gasteiger partial charge is 0.494 e. The molecule has 0 aliphatic rings. The van der Waals surface area contributed by atoms with Gasteiger partial charge in [0.25, 0.3) is 0 Å². The molecule has 0 fully saturated rings. The van der Waals surface area contributed by atoms with Crippen LogP contribution < -0.4 is 15.4 Å². The van der Waals surface area contributed by atoms with Gasteiger partial charge >= 0.3 is 6.03 Å². The van der Waals surface area contributed by atoms with Crippen LogP contribution in [0.5, 0.6) is 5.75 Å². The van der Waals surface area contributed by atoms with Crippen LogP contribution >= 0.6 is 0 Å². The average molecular weight is 320 g/mol. The van der Waals surface area contributed by atoms with Gasteiger partial charge in [0.1, 0.15) is 0 Å². The lowest BCUT2D eigenvalue weighted by atomic mass is 10.1. The maximum Gasteiger partial charge on any atom is 0.315 e. The summed E-state index contributed by atoms with van der Waals surface area (Å²) in [5.41, 5.74) is 0.678. The van der Waals surface area contributed by atoms with Crippen molar-refractivity contribution < 1.29 is 13.9 Å². The molecular formula is C16H21FN4O2. The Kier molecular flexibility index (Phi) is 5.96. The van der Waals surface area contributed by atoms with Crippen LogP contribution in [-0.4, -0.2) is 29.2 Å². The van der Waals surface area contributed by atoms with E-state index < -0.39 is 5.82 Å². The molecule has 0 saturated carbocycles. The van der Waals surface area contributed by atoms with Crippen molar-refractivity contribution in [3.05, 3.63) is 48.3 Å². The highest BCUT2D eigenvalue weighted by Gasteiger charge is 2.11. The molecule has 1 heterocycles. The molecule has 2 rings (SSSR count). The third-order valence-corrected chi connectivity index (χ3v) is 3.46. The number of carbonyl (C=O) groups is 1. The molecule has 1 aromatic heterocycles. The summed E-state index contributed by atoms with van der Waals surface area (Å²) in [6.07, 6.45) is 6.13. The molecule has 0 saturated heterocycles. The Balaban J connectivity index is 1.74. The summed E-state index contributed by atoms with van der Waals surface area (Å²) >= 11 is 0. The van der Waals surface area contributed by atoms with Gasteiger partial charge in [-0.1, -0.05) is 6.07 Å². The molecule has 2 aromatic rings. The van der Waals surface area contributed by atoms with Crippen molar-refractivity contribution in [3.63, 3.8) is 0 Å². The van der Waals surface area contributed by atoms with E-state index in [-0.39, 0.29) is 17.8 Å². The summed E-state index contributed by atoms with van der Waals surface area (Å²) in [6.45, 7) is 3.14. The van der Waals surface area contributed by atoms with Gasteiger partial charge in [-0.3, -0.25) is 0 Å². The van der Waals surface area contributed by atoms with Crippen LogP contribution in [0.2, 0.25) is 0 Å². The molecule has 0 aliphatic carbocycles. The summed E-state index contributed by atoms with van der Waals surface area (Å²) < 4.78 is 20.5. The van der Waals surface area contributed by atoms with E-state index in [1.165, 1.54) is 13.2 Å². The van der Waals surface area contributed by atoms with Crippen molar-refractivity contribution in [1.82, 2.24) is 20.2 Å². The van der Waals surface area contributed by atoms with E-state index in [2.05, 4.69) is 15.6 Å². The minimum absolute atomic E-state index is 0.185. The molecule has 6 nitrogen and oxygen atoms in total. The molecule has 1 aromatic carbocycles. The number of ether oxygens (including phenoxy) is 1. The maximum atomic E-state index is 13.7. The number of rotatable bonds is 7. The summed E-state index contributed by atoms with van der Waals surface area (Å²) in [5, 5.41) is 5.56. The van der Waals surface area contributed by atoms with E-state index in [4.69, 9.17) is 4.74 Å². The van der Waals surface area contributed by atoms with Crippen molar-refractivity contribution in [2.75, 3.05) is 13.7 Å². The van der Waals surface area contributed by atoms with Gasteiger partial charge in [-0.25, -0.2) is 14.2 Å². The number of amides is 2. The van der Waals surface area contributed by atoms with Crippen LogP contribution in [0.3, 0.4) is 0 Å². The summed E-state index contributed by atoms with van der Waals surface area (Å²) in [5.74, 6) is -0.260. The first-order chi connectivity index (χ1) is 11.1. The fourth-order valence-electron chi connectivity index (χ4n) is 2.17. The second kappa shape index (κ2) is 8.17. The Bertz CT molecular complexity index is 631. The molecule has 1 atom stereocenters. The molecule has 2 amide bonds. The number of imidazole rings is 1. The molecular weight excluding hydrogens is 299 g/mol. The number of methoxy groups -OCH3 is 1. The van der Waals surface area contributed by atoms with Gasteiger partial charge in [-0.05, 0) is 31.0 Å². The topological polar surface area (TPSA) is 68.2 Å². The molecule has 23 heavy (non-hydrogen) atoms. The lowest BCUT2D eigenvalue weighted by molar-refractivity contribution is 0.237. The normalized spacial score (nSPS) is 11.8. The molecule has 0 spiro atoms. The molecule has 7 heteroatoms. The lowest BCUT2D eigenvalue weighted by Crippen LogP contribution is -2.37. The number of urea groups is 1. The number of benzene rings is 1. The number of hydrogen-bond donors (Lipinski definition) is 2. The number of aromatic nitrogens is 2. The van der Waals surface area contributed by atoms with Crippen molar-refractivity contribution in [3.8, 4) is 5.75 Å². The van der Waals surface area contributed by atoms with Crippen LogP contribution in [-0.2, 0) is 6.54 Å². The van der Waals surface area contributed by atoms with E-state index in [9.17, 15) is 9.18 Å². The van der Waals surface area contributed by atoms with E-state index in [1.807, 2.05) is 10.8 Å². The van der Waals surface area contributed by atoms with E-state index in [1.54, 1.807) is 31.6 Å². The zero-order valence-corrected chi connectivity index (χ0v) is 13.3. The number of nitrogens with one attached hydrogen (secondary N) is 2.